The van der Waals surface area contributed by atoms with Crippen LogP contribution in [0.1, 0.15) is 17.9 Å². The molecule has 0 bridgehead atoms. The molecule has 2 atom stereocenters. The van der Waals surface area contributed by atoms with E-state index >= 15 is 0 Å². The zero-order valence-corrected chi connectivity index (χ0v) is 12.9. The van der Waals surface area contributed by atoms with Crippen molar-refractivity contribution < 1.29 is 8.42 Å². The van der Waals surface area contributed by atoms with Gasteiger partial charge < -0.3 is 0 Å². The van der Waals surface area contributed by atoms with Gasteiger partial charge in [-0.1, -0.05) is 41.9 Å². The minimum Gasteiger partial charge on any atom is -0.229 e. The van der Waals surface area contributed by atoms with Gasteiger partial charge in [0.2, 0.25) is 0 Å². The van der Waals surface area contributed by atoms with Crippen LogP contribution in [0.2, 0.25) is 5.02 Å². The highest BCUT2D eigenvalue weighted by Crippen LogP contribution is 2.36. The summed E-state index contributed by atoms with van der Waals surface area (Å²) in [6, 6.07) is 11.1. The van der Waals surface area contributed by atoms with Crippen molar-refractivity contribution >= 4 is 43.8 Å². The molecule has 0 aliphatic rings. The lowest BCUT2D eigenvalue weighted by atomic mass is 10.0. The molecule has 0 aromatic heterocycles. The van der Waals surface area contributed by atoms with Crippen molar-refractivity contribution in [2.24, 2.45) is 0 Å². The molecule has 0 N–H and O–H groups in total. The van der Waals surface area contributed by atoms with Gasteiger partial charge in [-0.05, 0) is 23.9 Å². The maximum absolute atomic E-state index is 11.6. The van der Waals surface area contributed by atoms with E-state index in [9.17, 15) is 8.42 Å². The molecule has 0 spiro atoms. The largest absolute Gasteiger partial charge is 0.229 e. The Kier molecular flexibility index (Phi) is 4.09. The van der Waals surface area contributed by atoms with Gasteiger partial charge in [-0.15, -0.1) is 11.6 Å². The summed E-state index contributed by atoms with van der Waals surface area (Å²) < 4.78 is 23.3. The fourth-order valence-electron chi connectivity index (χ4n) is 2.00. The Bertz CT molecular complexity index is 710. The van der Waals surface area contributed by atoms with Gasteiger partial charge in [0.05, 0.1) is 10.6 Å². The highest BCUT2D eigenvalue weighted by molar-refractivity contribution is 7.91. The third-order valence-electron chi connectivity index (χ3n) is 3.29. The van der Waals surface area contributed by atoms with Crippen LogP contribution in [0, 0.1) is 0 Å². The fourth-order valence-corrected chi connectivity index (χ4v) is 3.56. The average Bonchev–Trinajstić information content (AvgIpc) is 2.37. The van der Waals surface area contributed by atoms with E-state index < -0.39 is 20.5 Å². The summed E-state index contributed by atoms with van der Waals surface area (Å²) in [7, 11) is -3.19. The van der Waals surface area contributed by atoms with Crippen LogP contribution in [0.3, 0.4) is 0 Å². The van der Waals surface area contributed by atoms with E-state index in [4.69, 9.17) is 23.2 Å². The Balaban J connectivity index is 2.61. The van der Waals surface area contributed by atoms with Crippen LogP contribution >= 0.6 is 23.2 Å². The van der Waals surface area contributed by atoms with Gasteiger partial charge >= 0.3 is 0 Å². The molecular weight excluding hydrogens is 303 g/mol. The first-order chi connectivity index (χ1) is 8.82. The highest BCUT2D eigenvalue weighted by Gasteiger charge is 2.26. The van der Waals surface area contributed by atoms with E-state index in [0.717, 1.165) is 16.3 Å². The summed E-state index contributed by atoms with van der Waals surface area (Å²) in [4.78, 5) is 0. The van der Waals surface area contributed by atoms with E-state index in [1.165, 1.54) is 6.26 Å². The first kappa shape index (κ1) is 14.6. The number of hydrogen-bond donors (Lipinski definition) is 0. The van der Waals surface area contributed by atoms with Crippen LogP contribution < -0.4 is 0 Å². The lowest BCUT2D eigenvalue weighted by Gasteiger charge is -2.19. The Labute approximate surface area is 123 Å². The minimum absolute atomic E-state index is 0.600. The molecule has 0 fully saturated rings. The molecule has 2 nitrogen and oxygen atoms in total. The average molecular weight is 317 g/mol. The molecule has 2 rings (SSSR count). The summed E-state index contributed by atoms with van der Waals surface area (Å²) in [5, 5.41) is 1.16. The number of benzene rings is 2. The molecule has 2 aromatic rings. The number of sulfone groups is 1. The van der Waals surface area contributed by atoms with Crippen LogP contribution in [-0.4, -0.2) is 19.9 Å². The third-order valence-corrected chi connectivity index (χ3v) is 6.00. The SMILES string of the molecule is CC(C(Cl)c1ccc(Cl)c2ccccc12)S(C)(=O)=O. The predicted octanol–water partition coefficient (Wildman–Crippen LogP) is 4.21. The molecule has 2 aromatic carbocycles. The molecular formula is C14H14Cl2O2S. The van der Waals surface area contributed by atoms with E-state index in [0.29, 0.717) is 5.02 Å². The first-order valence-electron chi connectivity index (χ1n) is 5.82. The lowest BCUT2D eigenvalue weighted by molar-refractivity contribution is 0.587. The van der Waals surface area contributed by atoms with Crippen molar-refractivity contribution in [1.29, 1.82) is 0 Å². The van der Waals surface area contributed by atoms with Gasteiger partial charge in [0.15, 0.2) is 9.84 Å². The van der Waals surface area contributed by atoms with Crippen molar-refractivity contribution in [3.63, 3.8) is 0 Å². The molecule has 102 valence electrons. The molecule has 19 heavy (non-hydrogen) atoms. The summed E-state index contributed by atoms with van der Waals surface area (Å²) in [6.45, 7) is 1.62. The summed E-state index contributed by atoms with van der Waals surface area (Å²) in [6.07, 6.45) is 1.20. The fraction of sp³-hybridized carbons (Fsp3) is 0.286. The van der Waals surface area contributed by atoms with Gasteiger partial charge in [-0.3, -0.25) is 0 Å². The Hall–Kier alpha value is -0.770. The van der Waals surface area contributed by atoms with Crippen molar-refractivity contribution in [3.05, 3.63) is 47.0 Å². The topological polar surface area (TPSA) is 34.1 Å². The Morgan fingerprint density at radius 3 is 2.21 bits per heavy atom. The molecule has 2 unspecified atom stereocenters. The van der Waals surface area contributed by atoms with Gasteiger partial charge in [-0.2, -0.15) is 0 Å². The van der Waals surface area contributed by atoms with Crippen molar-refractivity contribution in [3.8, 4) is 0 Å². The molecule has 0 heterocycles. The zero-order chi connectivity index (χ0) is 14.2. The van der Waals surface area contributed by atoms with Crippen molar-refractivity contribution in [1.82, 2.24) is 0 Å². The number of hydrogen-bond acceptors (Lipinski definition) is 2. The smallest absolute Gasteiger partial charge is 0.151 e. The van der Waals surface area contributed by atoms with Crippen LogP contribution in [0.5, 0.6) is 0 Å². The molecule has 0 saturated heterocycles. The summed E-state index contributed by atoms with van der Waals surface area (Å²) in [5.74, 6) is 0. The zero-order valence-electron chi connectivity index (χ0n) is 10.6. The number of rotatable bonds is 3. The summed E-state index contributed by atoms with van der Waals surface area (Å²) >= 11 is 12.5. The molecule has 5 heteroatoms. The van der Waals surface area contributed by atoms with Gasteiger partial charge in [0.25, 0.3) is 0 Å². The molecule has 0 amide bonds. The molecule has 0 aliphatic carbocycles. The maximum Gasteiger partial charge on any atom is 0.151 e. The first-order valence-corrected chi connectivity index (χ1v) is 8.59. The second-order valence-electron chi connectivity index (χ2n) is 4.62. The quantitative estimate of drug-likeness (QED) is 0.795. The van der Waals surface area contributed by atoms with E-state index in [1.54, 1.807) is 19.1 Å². The van der Waals surface area contributed by atoms with Crippen LogP contribution in [0.4, 0.5) is 0 Å². The highest BCUT2D eigenvalue weighted by atomic mass is 35.5. The number of alkyl halides is 1. The lowest BCUT2D eigenvalue weighted by Crippen LogP contribution is -2.21. The van der Waals surface area contributed by atoms with E-state index in [-0.39, 0.29) is 0 Å². The van der Waals surface area contributed by atoms with E-state index in [1.807, 2.05) is 24.3 Å². The van der Waals surface area contributed by atoms with Crippen LogP contribution in [0.15, 0.2) is 36.4 Å². The normalized spacial score (nSPS) is 15.4. The standard InChI is InChI=1S/C14H14Cl2O2S/c1-9(19(2,17)18)14(16)12-7-8-13(15)11-6-4-3-5-10(11)12/h3-9,14H,1-2H3. The molecule has 0 aliphatic heterocycles. The van der Waals surface area contributed by atoms with Gasteiger partial charge in [0.1, 0.15) is 0 Å². The Morgan fingerprint density at radius 2 is 1.63 bits per heavy atom. The summed E-state index contributed by atoms with van der Waals surface area (Å²) in [5.41, 5.74) is 0.791. The third kappa shape index (κ3) is 2.88. The number of halogens is 2. The number of fused-ring (bicyclic) bond motifs is 1. The van der Waals surface area contributed by atoms with Gasteiger partial charge in [-0.25, -0.2) is 8.42 Å². The monoisotopic (exact) mass is 316 g/mol. The van der Waals surface area contributed by atoms with E-state index in [2.05, 4.69) is 0 Å². The van der Waals surface area contributed by atoms with Crippen molar-refractivity contribution in [2.45, 2.75) is 17.6 Å². The predicted molar refractivity (Wildman–Crippen MR) is 81.9 cm³/mol. The van der Waals surface area contributed by atoms with Crippen LogP contribution in [0.25, 0.3) is 10.8 Å². The Morgan fingerprint density at radius 1 is 1.05 bits per heavy atom. The van der Waals surface area contributed by atoms with Crippen LogP contribution in [-0.2, 0) is 9.84 Å². The second-order valence-corrected chi connectivity index (χ2v) is 7.90. The molecule has 0 radical (unpaired) electrons. The van der Waals surface area contributed by atoms with Crippen molar-refractivity contribution in [2.75, 3.05) is 6.26 Å². The minimum atomic E-state index is -3.19. The molecule has 0 saturated carbocycles. The second kappa shape index (κ2) is 5.31. The van der Waals surface area contributed by atoms with Gasteiger partial charge in [0, 0.05) is 16.7 Å². The maximum atomic E-state index is 11.6.